The highest BCUT2D eigenvalue weighted by atomic mass is 16.5. The number of carbonyl (C=O) groups is 2. The highest BCUT2D eigenvalue weighted by Gasteiger charge is 2.16. The molecule has 0 radical (unpaired) electrons. The fourth-order valence-electron chi connectivity index (χ4n) is 3.18. The summed E-state index contributed by atoms with van der Waals surface area (Å²) in [6.45, 7) is 5.29. The zero-order valence-electron chi connectivity index (χ0n) is 18.0. The summed E-state index contributed by atoms with van der Waals surface area (Å²) < 4.78 is 16.4. The molecular weight excluding hydrogens is 398 g/mol. The van der Waals surface area contributed by atoms with Crippen molar-refractivity contribution >= 4 is 23.2 Å². The lowest BCUT2D eigenvalue weighted by atomic mass is 10.2. The van der Waals surface area contributed by atoms with Crippen LogP contribution in [0.4, 0.5) is 11.4 Å². The molecule has 0 aromatic heterocycles. The van der Waals surface area contributed by atoms with E-state index < -0.39 is 0 Å². The van der Waals surface area contributed by atoms with E-state index in [0.29, 0.717) is 23.8 Å². The van der Waals surface area contributed by atoms with Crippen molar-refractivity contribution in [1.29, 1.82) is 0 Å². The van der Waals surface area contributed by atoms with Gasteiger partial charge in [-0.05, 0) is 43.3 Å². The van der Waals surface area contributed by atoms with E-state index in [0.717, 1.165) is 32.0 Å². The maximum atomic E-state index is 12.4. The Labute approximate surface area is 182 Å². The van der Waals surface area contributed by atoms with Gasteiger partial charge in [-0.3, -0.25) is 9.59 Å². The summed E-state index contributed by atoms with van der Waals surface area (Å²) in [7, 11) is 1.57. The van der Waals surface area contributed by atoms with Gasteiger partial charge in [-0.25, -0.2) is 0 Å². The number of ether oxygens (including phenoxy) is 3. The minimum Gasteiger partial charge on any atom is -0.490 e. The molecule has 0 atom stereocenters. The third-order valence-corrected chi connectivity index (χ3v) is 4.83. The lowest BCUT2D eigenvalue weighted by molar-refractivity contribution is -0.135. The molecule has 1 aliphatic rings. The van der Waals surface area contributed by atoms with Crippen molar-refractivity contribution < 1.29 is 23.8 Å². The van der Waals surface area contributed by atoms with Gasteiger partial charge in [0.25, 0.3) is 5.91 Å². The number of rotatable bonds is 9. The zero-order valence-corrected chi connectivity index (χ0v) is 18.0. The Kier molecular flexibility index (Phi) is 8.12. The Balaban J connectivity index is 1.46. The molecule has 8 heteroatoms. The van der Waals surface area contributed by atoms with Gasteiger partial charge in [-0.2, -0.15) is 0 Å². The molecular formula is C23H29N3O5. The van der Waals surface area contributed by atoms with Crippen molar-refractivity contribution in [3.05, 3.63) is 48.5 Å². The Morgan fingerprint density at radius 2 is 1.68 bits per heavy atom. The number of para-hydroxylation sites is 2. The van der Waals surface area contributed by atoms with Crippen molar-refractivity contribution in [3.63, 3.8) is 0 Å². The number of hydrogen-bond acceptors (Lipinski definition) is 6. The van der Waals surface area contributed by atoms with Crippen LogP contribution >= 0.6 is 0 Å². The van der Waals surface area contributed by atoms with E-state index in [1.807, 2.05) is 43.3 Å². The minimum absolute atomic E-state index is 0.0689. The number of carbonyl (C=O) groups excluding carboxylic acids is 2. The van der Waals surface area contributed by atoms with Crippen molar-refractivity contribution in [2.75, 3.05) is 63.3 Å². The predicted octanol–water partition coefficient (Wildman–Crippen LogP) is 2.40. The maximum absolute atomic E-state index is 12.4. The van der Waals surface area contributed by atoms with Gasteiger partial charge < -0.3 is 29.3 Å². The first-order valence-electron chi connectivity index (χ1n) is 10.4. The molecule has 1 heterocycles. The highest BCUT2D eigenvalue weighted by Crippen LogP contribution is 2.26. The van der Waals surface area contributed by atoms with Crippen molar-refractivity contribution in [3.8, 4) is 11.5 Å². The number of nitrogens with zero attached hydrogens (tertiary/aromatic N) is 2. The van der Waals surface area contributed by atoms with E-state index in [-0.39, 0.29) is 25.0 Å². The van der Waals surface area contributed by atoms with Gasteiger partial charge in [0, 0.05) is 31.5 Å². The lowest BCUT2D eigenvalue weighted by Crippen LogP contribution is -2.37. The molecule has 0 unspecified atom stereocenters. The van der Waals surface area contributed by atoms with Crippen LogP contribution in [0.25, 0.3) is 0 Å². The van der Waals surface area contributed by atoms with E-state index in [9.17, 15) is 9.59 Å². The van der Waals surface area contributed by atoms with E-state index >= 15 is 0 Å². The average Bonchev–Trinajstić information content (AvgIpc) is 2.79. The summed E-state index contributed by atoms with van der Waals surface area (Å²) in [4.78, 5) is 28.3. The second-order valence-corrected chi connectivity index (χ2v) is 7.11. The first kappa shape index (κ1) is 22.4. The highest BCUT2D eigenvalue weighted by molar-refractivity contribution is 5.94. The largest absolute Gasteiger partial charge is 0.490 e. The van der Waals surface area contributed by atoms with Crippen LogP contribution in [0.5, 0.6) is 11.5 Å². The number of nitrogens with one attached hydrogen (secondary N) is 1. The number of anilines is 2. The summed E-state index contributed by atoms with van der Waals surface area (Å²) in [5.74, 6) is 0.503. The average molecular weight is 428 g/mol. The molecule has 1 saturated heterocycles. The van der Waals surface area contributed by atoms with Crippen LogP contribution < -0.4 is 19.7 Å². The van der Waals surface area contributed by atoms with Crippen LogP contribution in [0.1, 0.15) is 6.92 Å². The third kappa shape index (κ3) is 6.62. The fourth-order valence-corrected chi connectivity index (χ4v) is 3.18. The van der Waals surface area contributed by atoms with E-state index in [1.54, 1.807) is 19.2 Å². The van der Waals surface area contributed by atoms with Gasteiger partial charge >= 0.3 is 0 Å². The normalized spacial score (nSPS) is 13.4. The Morgan fingerprint density at radius 3 is 2.32 bits per heavy atom. The topological polar surface area (TPSA) is 80.3 Å². The van der Waals surface area contributed by atoms with E-state index in [2.05, 4.69) is 10.2 Å². The van der Waals surface area contributed by atoms with Crippen LogP contribution in [0.15, 0.2) is 48.5 Å². The summed E-state index contributed by atoms with van der Waals surface area (Å²) in [5.41, 5.74) is 1.78. The molecule has 166 valence electrons. The molecule has 0 bridgehead atoms. The first-order chi connectivity index (χ1) is 15.1. The molecule has 2 amide bonds. The predicted molar refractivity (Wildman–Crippen MR) is 119 cm³/mol. The van der Waals surface area contributed by atoms with Crippen LogP contribution in [0.2, 0.25) is 0 Å². The summed E-state index contributed by atoms with van der Waals surface area (Å²) >= 11 is 0. The second-order valence-electron chi connectivity index (χ2n) is 7.11. The van der Waals surface area contributed by atoms with Gasteiger partial charge in [0.15, 0.2) is 18.1 Å². The lowest BCUT2D eigenvalue weighted by Gasteiger charge is -2.28. The minimum atomic E-state index is -0.302. The van der Waals surface area contributed by atoms with Gasteiger partial charge in [-0.1, -0.05) is 12.1 Å². The monoisotopic (exact) mass is 427 g/mol. The molecule has 1 aliphatic heterocycles. The number of hydrogen-bond donors (Lipinski definition) is 1. The molecule has 1 fully saturated rings. The molecule has 1 N–H and O–H groups in total. The van der Waals surface area contributed by atoms with Crippen molar-refractivity contribution in [2.24, 2.45) is 0 Å². The smallest absolute Gasteiger partial charge is 0.260 e. The maximum Gasteiger partial charge on any atom is 0.260 e. The van der Waals surface area contributed by atoms with E-state index in [4.69, 9.17) is 14.2 Å². The van der Waals surface area contributed by atoms with Crippen LogP contribution in [-0.2, 0) is 14.3 Å². The van der Waals surface area contributed by atoms with Crippen molar-refractivity contribution in [2.45, 2.75) is 6.92 Å². The molecule has 3 rings (SSSR count). The molecule has 0 saturated carbocycles. The van der Waals surface area contributed by atoms with E-state index in [1.165, 1.54) is 4.90 Å². The SMILES string of the molecule is CCOc1ccccc1OCC(=O)N(C)CC(=O)Nc1ccc(N2CCOCC2)cc1. The second kappa shape index (κ2) is 11.2. The third-order valence-electron chi connectivity index (χ3n) is 4.83. The van der Waals surface area contributed by atoms with Gasteiger partial charge in [0.05, 0.1) is 26.4 Å². The zero-order chi connectivity index (χ0) is 22.1. The standard InChI is InChI=1S/C23H29N3O5/c1-3-30-20-6-4-5-7-21(20)31-17-23(28)25(2)16-22(27)24-18-8-10-19(11-9-18)26-12-14-29-15-13-26/h4-11H,3,12-17H2,1-2H3,(H,24,27). The Morgan fingerprint density at radius 1 is 1.03 bits per heavy atom. The Bertz CT molecular complexity index is 866. The number of morpholine rings is 1. The van der Waals surface area contributed by atoms with Gasteiger partial charge in [-0.15, -0.1) is 0 Å². The first-order valence-corrected chi connectivity index (χ1v) is 10.4. The molecule has 0 spiro atoms. The van der Waals surface area contributed by atoms with Gasteiger partial charge in [0.2, 0.25) is 5.91 Å². The fraction of sp³-hybridized carbons (Fsp3) is 0.391. The van der Waals surface area contributed by atoms with Crippen molar-refractivity contribution in [1.82, 2.24) is 4.90 Å². The quantitative estimate of drug-likeness (QED) is 0.662. The van der Waals surface area contributed by atoms with Crippen LogP contribution in [0, 0.1) is 0 Å². The molecule has 2 aromatic rings. The summed E-state index contributed by atoms with van der Waals surface area (Å²) in [6, 6.07) is 14.8. The number of amides is 2. The summed E-state index contributed by atoms with van der Waals surface area (Å²) in [6.07, 6.45) is 0. The molecule has 0 aliphatic carbocycles. The molecule has 31 heavy (non-hydrogen) atoms. The molecule has 2 aromatic carbocycles. The number of benzene rings is 2. The number of likely N-dealkylation sites (N-methyl/N-ethyl adjacent to an activating group) is 1. The van der Waals surface area contributed by atoms with Crippen LogP contribution in [0.3, 0.4) is 0 Å². The molecule has 8 nitrogen and oxygen atoms in total. The van der Waals surface area contributed by atoms with Crippen LogP contribution in [-0.4, -0.2) is 69.8 Å². The summed E-state index contributed by atoms with van der Waals surface area (Å²) in [5, 5.41) is 2.82. The Hall–Kier alpha value is -3.26. The van der Waals surface area contributed by atoms with Gasteiger partial charge in [0.1, 0.15) is 0 Å².